The molecule has 1 heterocycles. The number of hydrogen-bond acceptors (Lipinski definition) is 2. The lowest BCUT2D eigenvalue weighted by molar-refractivity contribution is 0.547. The molecule has 0 saturated carbocycles. The van der Waals surface area contributed by atoms with E-state index in [2.05, 4.69) is 30.3 Å². The Kier molecular flexibility index (Phi) is 8.48. The molecule has 0 bridgehead atoms. The van der Waals surface area contributed by atoms with Crippen molar-refractivity contribution in [1.29, 1.82) is 0 Å². The van der Waals surface area contributed by atoms with Gasteiger partial charge in [-0.25, -0.2) is 17.6 Å². The zero-order valence-corrected chi connectivity index (χ0v) is 27.5. The zero-order valence-electron chi connectivity index (χ0n) is 26.6. The third kappa shape index (κ3) is 6.08. The molecule has 7 aromatic rings. The van der Waals surface area contributed by atoms with Gasteiger partial charge in [0, 0.05) is 23.4 Å². The van der Waals surface area contributed by atoms with Crippen molar-refractivity contribution in [2.45, 2.75) is 12.1 Å². The lowest BCUT2D eigenvalue weighted by Crippen LogP contribution is -2.36. The Morgan fingerprint density at radius 1 is 0.480 bits per heavy atom. The van der Waals surface area contributed by atoms with Crippen molar-refractivity contribution in [3.8, 4) is 0 Å². The van der Waals surface area contributed by atoms with E-state index in [-0.39, 0.29) is 11.1 Å². The summed E-state index contributed by atoms with van der Waals surface area (Å²) in [7, 11) is -1.10. The van der Waals surface area contributed by atoms with E-state index in [1.54, 1.807) is 0 Å². The number of hydrogen-bond donors (Lipinski definition) is 0. The van der Waals surface area contributed by atoms with Crippen LogP contribution < -0.4 is 20.8 Å². The number of nitrogens with zero attached hydrogens (tertiary/aromatic N) is 2. The van der Waals surface area contributed by atoms with Crippen LogP contribution in [-0.4, -0.2) is 5.84 Å². The molecule has 7 aromatic carbocycles. The average molecular weight is 681 g/mol. The summed E-state index contributed by atoms with van der Waals surface area (Å²) < 4.78 is 59.8. The van der Waals surface area contributed by atoms with Crippen molar-refractivity contribution < 1.29 is 17.6 Å². The lowest BCUT2D eigenvalue weighted by Gasteiger charge is -2.33. The summed E-state index contributed by atoms with van der Waals surface area (Å²) in [6, 6.07) is 47.3. The summed E-state index contributed by atoms with van der Waals surface area (Å²) in [4.78, 5) is 7.24. The second-order valence-electron chi connectivity index (χ2n) is 12.2. The van der Waals surface area contributed by atoms with Crippen LogP contribution in [0.2, 0.25) is 0 Å². The first-order valence-corrected chi connectivity index (χ1v) is 17.5. The van der Waals surface area contributed by atoms with Gasteiger partial charge in [-0.3, -0.25) is 4.99 Å². The minimum atomic E-state index is -1.10. The maximum absolute atomic E-state index is 15.0. The molecule has 0 aliphatic carbocycles. The van der Waals surface area contributed by atoms with Crippen molar-refractivity contribution in [1.82, 2.24) is 0 Å². The Morgan fingerprint density at radius 3 is 1.62 bits per heavy atom. The van der Waals surface area contributed by atoms with Gasteiger partial charge in [-0.05, 0) is 82.1 Å². The van der Waals surface area contributed by atoms with Crippen LogP contribution in [0.1, 0.15) is 28.8 Å². The monoisotopic (exact) mass is 680 g/mol. The van der Waals surface area contributed by atoms with Crippen molar-refractivity contribution in [3.63, 3.8) is 0 Å². The number of rotatable bonds is 7. The zero-order chi connectivity index (χ0) is 34.2. The maximum Gasteiger partial charge on any atom is 0.137 e. The van der Waals surface area contributed by atoms with Gasteiger partial charge in [0.2, 0.25) is 0 Å². The molecular formula is C43H29F4N2P. The van der Waals surface area contributed by atoms with Crippen LogP contribution in [0.3, 0.4) is 0 Å². The van der Waals surface area contributed by atoms with Crippen LogP contribution >= 0.6 is 7.92 Å². The Hall–Kier alpha value is -5.58. The van der Waals surface area contributed by atoms with E-state index in [9.17, 15) is 8.78 Å². The smallest absolute Gasteiger partial charge is 0.137 e. The molecule has 7 heteroatoms. The normalized spacial score (nSPS) is 15.9. The third-order valence-electron chi connectivity index (χ3n) is 8.95. The fourth-order valence-electron chi connectivity index (χ4n) is 6.87. The molecule has 2 atom stereocenters. The molecule has 0 spiro atoms. The summed E-state index contributed by atoms with van der Waals surface area (Å²) in [6.07, 6.45) is 0. The molecule has 50 heavy (non-hydrogen) atoms. The van der Waals surface area contributed by atoms with E-state index < -0.39 is 43.3 Å². The van der Waals surface area contributed by atoms with Crippen LogP contribution in [0, 0.1) is 23.3 Å². The fraction of sp³-hybridized carbons (Fsp3) is 0.0465. The number of fused-ring (bicyclic) bond motifs is 1. The predicted molar refractivity (Wildman–Crippen MR) is 196 cm³/mol. The van der Waals surface area contributed by atoms with Crippen LogP contribution in [0.15, 0.2) is 169 Å². The van der Waals surface area contributed by atoms with Gasteiger partial charge in [0.1, 0.15) is 35.1 Å². The molecular weight excluding hydrogens is 651 g/mol. The van der Waals surface area contributed by atoms with E-state index in [0.29, 0.717) is 5.84 Å². The van der Waals surface area contributed by atoms with Crippen LogP contribution in [-0.2, 0) is 0 Å². The van der Waals surface area contributed by atoms with Crippen LogP contribution in [0.5, 0.6) is 0 Å². The molecule has 2 nitrogen and oxygen atoms in total. The van der Waals surface area contributed by atoms with Gasteiger partial charge in [-0.1, -0.05) is 115 Å². The largest absolute Gasteiger partial charge is 0.316 e. The predicted octanol–water partition coefficient (Wildman–Crippen LogP) is 9.90. The molecule has 0 aromatic heterocycles. The third-order valence-corrected chi connectivity index (χ3v) is 11.4. The van der Waals surface area contributed by atoms with Gasteiger partial charge < -0.3 is 4.90 Å². The van der Waals surface area contributed by atoms with Gasteiger partial charge >= 0.3 is 0 Å². The van der Waals surface area contributed by atoms with Gasteiger partial charge in [-0.15, -0.1) is 0 Å². The minimum Gasteiger partial charge on any atom is -0.316 e. The van der Waals surface area contributed by atoms with Crippen molar-refractivity contribution in [3.05, 3.63) is 204 Å². The number of amidine groups is 1. The standard InChI is InChI=1S/C43H29F4N2P/c44-32-21-30(22-33(45)26-32)41-42(31-23-34(46)27-35(47)24-31)49(36-20-19-28-11-7-8-12-29(28)25-36)43(48-41)39-17-9-10-18-40(39)50(37-13-3-1-4-14-37)38-15-5-2-6-16-38/h1-27,41-42H/t41-,42-/m1/s1. The summed E-state index contributed by atoms with van der Waals surface area (Å²) in [5, 5.41) is 5.25. The quantitative estimate of drug-likeness (QED) is 0.121. The van der Waals surface area contributed by atoms with Crippen molar-refractivity contribution in [2.24, 2.45) is 4.99 Å². The fourth-order valence-corrected chi connectivity index (χ4v) is 9.31. The van der Waals surface area contributed by atoms with Crippen LogP contribution in [0.25, 0.3) is 10.8 Å². The molecule has 0 unspecified atom stereocenters. The first-order chi connectivity index (χ1) is 24.4. The van der Waals surface area contributed by atoms with Crippen molar-refractivity contribution in [2.75, 3.05) is 4.90 Å². The molecule has 0 N–H and O–H groups in total. The summed E-state index contributed by atoms with van der Waals surface area (Å²) in [5.74, 6) is -2.51. The van der Waals surface area contributed by atoms with E-state index in [1.807, 2.05) is 102 Å². The molecule has 0 amide bonds. The SMILES string of the molecule is Fc1cc(F)cc([C@H]2N=C(c3ccccc3P(c3ccccc3)c3ccccc3)N(c3ccc4ccccc4c3)[C@@H]2c2cc(F)cc(F)c2)c1. The second-order valence-corrected chi connectivity index (χ2v) is 14.4. The first-order valence-electron chi connectivity index (χ1n) is 16.2. The van der Waals surface area contributed by atoms with Gasteiger partial charge in [-0.2, -0.15) is 0 Å². The van der Waals surface area contributed by atoms with E-state index in [0.717, 1.165) is 50.1 Å². The highest BCUT2D eigenvalue weighted by Crippen LogP contribution is 2.47. The van der Waals surface area contributed by atoms with E-state index >= 15 is 8.78 Å². The number of benzene rings is 7. The highest BCUT2D eigenvalue weighted by Gasteiger charge is 2.41. The second kappa shape index (κ2) is 13.4. The highest BCUT2D eigenvalue weighted by atomic mass is 31.1. The van der Waals surface area contributed by atoms with E-state index in [1.165, 1.54) is 24.3 Å². The Morgan fingerprint density at radius 2 is 1.00 bits per heavy atom. The first kappa shape index (κ1) is 31.7. The molecule has 8 rings (SSSR count). The lowest BCUT2D eigenvalue weighted by atomic mass is 9.92. The highest BCUT2D eigenvalue weighted by molar-refractivity contribution is 7.80. The molecule has 0 saturated heterocycles. The summed E-state index contributed by atoms with van der Waals surface area (Å²) >= 11 is 0. The molecule has 0 fully saturated rings. The van der Waals surface area contributed by atoms with Gasteiger partial charge in [0.25, 0.3) is 0 Å². The number of halogens is 4. The van der Waals surface area contributed by atoms with Crippen LogP contribution in [0.4, 0.5) is 23.2 Å². The van der Waals surface area contributed by atoms with Gasteiger partial charge in [0.15, 0.2) is 0 Å². The molecule has 0 radical (unpaired) electrons. The summed E-state index contributed by atoms with van der Waals surface area (Å²) in [6.45, 7) is 0. The maximum atomic E-state index is 15.0. The minimum absolute atomic E-state index is 0.254. The Labute approximate surface area is 288 Å². The average Bonchev–Trinajstić information content (AvgIpc) is 3.53. The Balaban J connectivity index is 1.41. The van der Waals surface area contributed by atoms with E-state index in [4.69, 9.17) is 4.99 Å². The van der Waals surface area contributed by atoms with Crippen molar-refractivity contribution >= 4 is 46.1 Å². The van der Waals surface area contributed by atoms with Gasteiger partial charge in [0.05, 0.1) is 6.04 Å². The summed E-state index contributed by atoms with van der Waals surface area (Å²) in [5.41, 5.74) is 2.06. The molecule has 1 aliphatic heterocycles. The Bertz CT molecular complexity index is 2280. The topological polar surface area (TPSA) is 15.6 Å². The molecule has 1 aliphatic rings. The molecule has 244 valence electrons. The number of anilines is 1. The number of aliphatic imine (C=N–C) groups is 1.